The van der Waals surface area contributed by atoms with E-state index in [4.69, 9.17) is 5.73 Å². The minimum atomic E-state index is 0.244. The van der Waals surface area contributed by atoms with Crippen LogP contribution < -0.4 is 5.73 Å². The molecule has 1 unspecified atom stereocenters. The molecule has 0 aliphatic rings. The van der Waals surface area contributed by atoms with Gasteiger partial charge in [0, 0.05) is 12.2 Å². The Morgan fingerprint density at radius 2 is 1.95 bits per heavy atom. The average molecular weight is 262 g/mol. The Morgan fingerprint density at radius 1 is 1.26 bits per heavy atom. The van der Waals surface area contributed by atoms with Gasteiger partial charge < -0.3 is 10.6 Å². The Morgan fingerprint density at radius 3 is 2.42 bits per heavy atom. The summed E-state index contributed by atoms with van der Waals surface area (Å²) in [5.74, 6) is 0.620. The lowest BCUT2D eigenvalue weighted by molar-refractivity contribution is 0.200. The maximum Gasteiger partial charge on any atom is 0.0316 e. The van der Waals surface area contributed by atoms with Crippen LogP contribution in [-0.4, -0.2) is 25.5 Å². The Bertz CT molecular complexity index is 387. The Labute approximate surface area is 119 Å². The van der Waals surface area contributed by atoms with Gasteiger partial charge in [-0.15, -0.1) is 0 Å². The van der Waals surface area contributed by atoms with Crippen molar-refractivity contribution >= 4 is 5.69 Å². The van der Waals surface area contributed by atoms with Gasteiger partial charge in [-0.25, -0.2) is 0 Å². The number of nitrogens with two attached hydrogens (primary N) is 1. The molecule has 0 aliphatic carbocycles. The first-order valence-electron chi connectivity index (χ1n) is 7.47. The Balaban J connectivity index is 3.17. The molecule has 0 aliphatic heterocycles. The molecule has 2 N–H and O–H groups in total. The number of hydrogen-bond acceptors (Lipinski definition) is 2. The van der Waals surface area contributed by atoms with Crippen LogP contribution in [0.25, 0.3) is 0 Å². The van der Waals surface area contributed by atoms with E-state index in [1.54, 1.807) is 0 Å². The standard InChI is InChI=1S/C17H30N2/c1-6-11-17(7-2,14(3)13-19(4)5)15-9-8-10-16(18)12-15/h8-10,12,14H,6-7,11,13,18H2,1-5H3/t14-,17?/m0/s1. The fourth-order valence-corrected chi connectivity index (χ4v) is 3.42. The summed E-state index contributed by atoms with van der Waals surface area (Å²) >= 11 is 0. The molecule has 0 bridgehead atoms. The number of anilines is 1. The molecule has 0 heterocycles. The van der Waals surface area contributed by atoms with E-state index in [1.165, 1.54) is 24.8 Å². The highest BCUT2D eigenvalue weighted by molar-refractivity contribution is 5.43. The van der Waals surface area contributed by atoms with E-state index in [0.29, 0.717) is 5.92 Å². The van der Waals surface area contributed by atoms with Crippen molar-refractivity contribution in [1.29, 1.82) is 0 Å². The summed E-state index contributed by atoms with van der Waals surface area (Å²) in [4.78, 5) is 2.29. The van der Waals surface area contributed by atoms with Crippen molar-refractivity contribution in [2.24, 2.45) is 5.92 Å². The van der Waals surface area contributed by atoms with Gasteiger partial charge in [0.15, 0.2) is 0 Å². The predicted octanol–water partition coefficient (Wildman–Crippen LogP) is 3.91. The second-order valence-electron chi connectivity index (χ2n) is 6.05. The van der Waals surface area contributed by atoms with Crippen molar-refractivity contribution in [2.45, 2.75) is 45.4 Å². The number of nitrogen functional groups attached to an aromatic ring is 1. The first-order valence-corrected chi connectivity index (χ1v) is 7.47. The first kappa shape index (κ1) is 16.0. The van der Waals surface area contributed by atoms with Crippen molar-refractivity contribution in [3.8, 4) is 0 Å². The van der Waals surface area contributed by atoms with Crippen molar-refractivity contribution in [1.82, 2.24) is 4.90 Å². The number of hydrogen-bond donors (Lipinski definition) is 1. The monoisotopic (exact) mass is 262 g/mol. The molecule has 1 aromatic carbocycles. The summed E-state index contributed by atoms with van der Waals surface area (Å²) in [7, 11) is 4.31. The molecule has 2 nitrogen and oxygen atoms in total. The van der Waals surface area contributed by atoms with Crippen LogP contribution in [0.4, 0.5) is 5.69 Å². The molecular weight excluding hydrogens is 232 g/mol. The molecular formula is C17H30N2. The summed E-state index contributed by atoms with van der Waals surface area (Å²) in [6.45, 7) is 8.08. The minimum Gasteiger partial charge on any atom is -0.399 e. The lowest BCUT2D eigenvalue weighted by Crippen LogP contribution is -2.39. The van der Waals surface area contributed by atoms with Gasteiger partial charge in [-0.3, -0.25) is 0 Å². The van der Waals surface area contributed by atoms with Crippen molar-refractivity contribution in [3.05, 3.63) is 29.8 Å². The van der Waals surface area contributed by atoms with Gasteiger partial charge in [0.2, 0.25) is 0 Å². The lowest BCUT2D eigenvalue weighted by Gasteiger charge is -2.40. The van der Waals surface area contributed by atoms with E-state index in [0.717, 1.165) is 12.2 Å². The van der Waals surface area contributed by atoms with Crippen LogP contribution in [0, 0.1) is 5.92 Å². The highest BCUT2D eigenvalue weighted by atomic mass is 15.1. The summed E-state index contributed by atoms with van der Waals surface area (Å²) in [6, 6.07) is 8.49. The van der Waals surface area contributed by atoms with Crippen LogP contribution in [0.5, 0.6) is 0 Å². The third kappa shape index (κ3) is 3.73. The molecule has 0 amide bonds. The predicted molar refractivity (Wildman–Crippen MR) is 85.4 cm³/mol. The zero-order valence-electron chi connectivity index (χ0n) is 13.2. The zero-order valence-corrected chi connectivity index (χ0v) is 13.2. The van der Waals surface area contributed by atoms with Crippen LogP contribution in [-0.2, 0) is 5.41 Å². The molecule has 0 radical (unpaired) electrons. The SMILES string of the molecule is CCCC(CC)(c1cccc(N)c1)[C@@H](C)CN(C)C. The fourth-order valence-electron chi connectivity index (χ4n) is 3.42. The maximum absolute atomic E-state index is 6.00. The molecule has 1 aromatic rings. The molecule has 1 rings (SSSR count). The maximum atomic E-state index is 6.00. The number of benzene rings is 1. The third-order valence-electron chi connectivity index (χ3n) is 4.37. The second-order valence-corrected chi connectivity index (χ2v) is 6.05. The van der Waals surface area contributed by atoms with Gasteiger partial charge in [-0.2, -0.15) is 0 Å². The normalized spacial score (nSPS) is 16.3. The van der Waals surface area contributed by atoms with Crippen LogP contribution in [0.15, 0.2) is 24.3 Å². The molecule has 0 spiro atoms. The number of rotatable bonds is 7. The lowest BCUT2D eigenvalue weighted by atomic mass is 9.66. The van der Waals surface area contributed by atoms with E-state index in [9.17, 15) is 0 Å². The fraction of sp³-hybridized carbons (Fsp3) is 0.647. The second kappa shape index (κ2) is 6.95. The van der Waals surface area contributed by atoms with Gasteiger partial charge >= 0.3 is 0 Å². The smallest absolute Gasteiger partial charge is 0.0316 e. The van der Waals surface area contributed by atoms with Crippen molar-refractivity contribution < 1.29 is 0 Å². The molecule has 0 saturated heterocycles. The van der Waals surface area contributed by atoms with Gasteiger partial charge in [-0.1, -0.05) is 39.3 Å². The van der Waals surface area contributed by atoms with E-state index in [2.05, 4.69) is 58.0 Å². The molecule has 108 valence electrons. The molecule has 0 saturated carbocycles. The quantitative estimate of drug-likeness (QED) is 0.755. The van der Waals surface area contributed by atoms with Gasteiger partial charge in [0.25, 0.3) is 0 Å². The van der Waals surface area contributed by atoms with Crippen molar-refractivity contribution in [3.63, 3.8) is 0 Å². The zero-order chi connectivity index (χ0) is 14.5. The summed E-state index contributed by atoms with van der Waals surface area (Å²) < 4.78 is 0. The van der Waals surface area contributed by atoms with Crippen LogP contribution in [0.2, 0.25) is 0 Å². The largest absolute Gasteiger partial charge is 0.399 e. The van der Waals surface area contributed by atoms with Gasteiger partial charge in [-0.05, 0) is 56.0 Å². The first-order chi connectivity index (χ1) is 8.96. The molecule has 19 heavy (non-hydrogen) atoms. The molecule has 0 aromatic heterocycles. The van der Waals surface area contributed by atoms with E-state index in [1.807, 2.05) is 6.07 Å². The molecule has 2 atom stereocenters. The van der Waals surface area contributed by atoms with Crippen LogP contribution in [0.1, 0.15) is 45.6 Å². The van der Waals surface area contributed by atoms with E-state index >= 15 is 0 Å². The van der Waals surface area contributed by atoms with Crippen LogP contribution in [0.3, 0.4) is 0 Å². The summed E-state index contributed by atoms with van der Waals surface area (Å²) in [5, 5.41) is 0. The van der Waals surface area contributed by atoms with Gasteiger partial charge in [0.1, 0.15) is 0 Å². The van der Waals surface area contributed by atoms with Crippen LogP contribution >= 0.6 is 0 Å². The van der Waals surface area contributed by atoms with Gasteiger partial charge in [0.05, 0.1) is 0 Å². The Kier molecular flexibility index (Phi) is 5.86. The number of nitrogens with zero attached hydrogens (tertiary/aromatic N) is 1. The highest BCUT2D eigenvalue weighted by Crippen LogP contribution is 2.41. The van der Waals surface area contributed by atoms with Crippen molar-refractivity contribution in [2.75, 3.05) is 26.4 Å². The van der Waals surface area contributed by atoms with E-state index < -0.39 is 0 Å². The highest BCUT2D eigenvalue weighted by Gasteiger charge is 2.35. The third-order valence-corrected chi connectivity index (χ3v) is 4.37. The molecule has 2 heteroatoms. The topological polar surface area (TPSA) is 29.3 Å². The summed E-state index contributed by atoms with van der Waals surface area (Å²) in [6.07, 6.45) is 3.60. The van der Waals surface area contributed by atoms with E-state index in [-0.39, 0.29) is 5.41 Å². The Hall–Kier alpha value is -1.02. The molecule has 0 fully saturated rings. The average Bonchev–Trinajstić information content (AvgIpc) is 2.35. The summed E-state index contributed by atoms with van der Waals surface area (Å²) in [5.41, 5.74) is 8.53. The minimum absolute atomic E-state index is 0.244.